The molecule has 0 spiro atoms. The maximum absolute atomic E-state index is 10.6. The fourth-order valence-corrected chi connectivity index (χ4v) is 12.3. The lowest BCUT2D eigenvalue weighted by atomic mass is 9.46. The molecule has 3 saturated carbocycles. The molecule has 0 amide bonds. The SMILES string of the molecule is CC[C@H](CC[C@@H](C)[C@H]1CC[C@H]2[C@@H]3CC=C4C[C@@H](CCCCCCCCCCCCCCCC(=O)O)CC[C@]4(C)[C@H]3CC[C@]12C)C(C)C. The molecule has 47 heavy (non-hydrogen) atoms. The van der Waals surface area contributed by atoms with Gasteiger partial charge in [0.25, 0.3) is 0 Å². The summed E-state index contributed by atoms with van der Waals surface area (Å²) in [5.41, 5.74) is 3.02. The molecule has 2 nitrogen and oxygen atoms in total. The van der Waals surface area contributed by atoms with Crippen molar-refractivity contribution < 1.29 is 9.90 Å². The molecule has 4 aliphatic carbocycles. The van der Waals surface area contributed by atoms with Crippen LogP contribution < -0.4 is 0 Å². The van der Waals surface area contributed by atoms with Crippen LogP contribution in [0.4, 0.5) is 0 Å². The summed E-state index contributed by atoms with van der Waals surface area (Å²) in [5.74, 6) is 6.84. The van der Waals surface area contributed by atoms with Crippen molar-refractivity contribution in [2.45, 2.75) is 208 Å². The molecule has 0 radical (unpaired) electrons. The van der Waals surface area contributed by atoms with E-state index < -0.39 is 5.97 Å². The number of carbonyl (C=O) groups is 1. The normalized spacial score (nSPS) is 33.2. The second-order valence-corrected chi connectivity index (χ2v) is 18.6. The Morgan fingerprint density at radius 1 is 0.787 bits per heavy atom. The third kappa shape index (κ3) is 10.4. The standard InChI is InChI=1S/C45H80O2/c1-7-37(34(2)3)24-23-35(4)40-27-28-41-39-26-25-38-33-36(29-31-44(38,5)42(39)30-32-45(40,41)6)21-19-17-15-13-11-9-8-10-12-14-16-18-20-22-43(46)47/h25,34-37,39-42H,7-24,26-33H2,1-6H3,(H,46,47)/t35-,36+,37-,39+,40-,41+,42+,44+,45-/m1/s1. The Bertz CT molecular complexity index is 950. The Kier molecular flexibility index (Phi) is 15.8. The number of fused-ring (bicyclic) bond motifs is 5. The molecule has 0 saturated heterocycles. The van der Waals surface area contributed by atoms with E-state index in [-0.39, 0.29) is 0 Å². The van der Waals surface area contributed by atoms with Crippen molar-refractivity contribution in [2.75, 3.05) is 0 Å². The highest BCUT2D eigenvalue weighted by Gasteiger charge is 2.59. The van der Waals surface area contributed by atoms with E-state index in [1.165, 1.54) is 148 Å². The highest BCUT2D eigenvalue weighted by Crippen LogP contribution is 2.67. The Morgan fingerprint density at radius 2 is 1.40 bits per heavy atom. The van der Waals surface area contributed by atoms with Crippen molar-refractivity contribution in [2.24, 2.45) is 58.2 Å². The first kappa shape index (κ1) is 39.0. The number of unbranched alkanes of at least 4 members (excludes halogenated alkanes) is 12. The molecule has 0 aromatic heterocycles. The van der Waals surface area contributed by atoms with Crippen LogP contribution in [0.2, 0.25) is 0 Å². The van der Waals surface area contributed by atoms with Gasteiger partial charge in [0, 0.05) is 6.42 Å². The van der Waals surface area contributed by atoms with Gasteiger partial charge in [-0.2, -0.15) is 0 Å². The summed E-state index contributed by atoms with van der Waals surface area (Å²) >= 11 is 0. The van der Waals surface area contributed by atoms with Gasteiger partial charge in [0.1, 0.15) is 0 Å². The van der Waals surface area contributed by atoms with Crippen LogP contribution in [-0.4, -0.2) is 11.1 Å². The minimum Gasteiger partial charge on any atom is -0.481 e. The molecule has 0 heterocycles. The number of rotatable bonds is 22. The average Bonchev–Trinajstić information content (AvgIpc) is 3.40. The molecule has 2 heteroatoms. The number of allylic oxidation sites excluding steroid dienone is 2. The van der Waals surface area contributed by atoms with Gasteiger partial charge in [-0.25, -0.2) is 0 Å². The van der Waals surface area contributed by atoms with E-state index in [1.807, 2.05) is 5.57 Å². The Labute approximate surface area is 293 Å². The van der Waals surface area contributed by atoms with E-state index in [9.17, 15) is 4.79 Å². The predicted octanol–water partition coefficient (Wildman–Crippen LogP) is 14.2. The summed E-state index contributed by atoms with van der Waals surface area (Å²) in [6, 6.07) is 0. The second kappa shape index (κ2) is 19.0. The van der Waals surface area contributed by atoms with Gasteiger partial charge in [0.05, 0.1) is 0 Å². The zero-order valence-corrected chi connectivity index (χ0v) is 32.4. The van der Waals surface area contributed by atoms with E-state index in [1.54, 1.807) is 0 Å². The fourth-order valence-electron chi connectivity index (χ4n) is 12.3. The molecule has 0 aliphatic heterocycles. The van der Waals surface area contributed by atoms with Crippen LogP contribution >= 0.6 is 0 Å². The fraction of sp³-hybridized carbons (Fsp3) is 0.933. The molecule has 0 aromatic rings. The number of aliphatic carboxylic acids is 1. The lowest BCUT2D eigenvalue weighted by Gasteiger charge is -2.58. The van der Waals surface area contributed by atoms with Crippen molar-refractivity contribution in [3.63, 3.8) is 0 Å². The third-order valence-corrected chi connectivity index (χ3v) is 15.4. The molecule has 9 atom stereocenters. The summed E-state index contributed by atoms with van der Waals surface area (Å²) in [6.45, 7) is 15.4. The minimum atomic E-state index is -0.646. The summed E-state index contributed by atoms with van der Waals surface area (Å²) in [7, 11) is 0. The van der Waals surface area contributed by atoms with Gasteiger partial charge in [-0.3, -0.25) is 4.79 Å². The van der Waals surface area contributed by atoms with Crippen molar-refractivity contribution in [1.29, 1.82) is 0 Å². The lowest BCUT2D eigenvalue weighted by molar-refractivity contribution is -0.137. The van der Waals surface area contributed by atoms with Crippen LogP contribution in [0.3, 0.4) is 0 Å². The third-order valence-electron chi connectivity index (χ3n) is 15.4. The van der Waals surface area contributed by atoms with Gasteiger partial charge >= 0.3 is 5.97 Å². The van der Waals surface area contributed by atoms with Gasteiger partial charge in [-0.15, -0.1) is 0 Å². The molecule has 0 bridgehead atoms. The van der Waals surface area contributed by atoms with Crippen molar-refractivity contribution in [3.8, 4) is 0 Å². The zero-order valence-electron chi connectivity index (χ0n) is 32.4. The summed E-state index contributed by atoms with van der Waals surface area (Å²) in [4.78, 5) is 10.6. The van der Waals surface area contributed by atoms with Gasteiger partial charge in [0.15, 0.2) is 0 Å². The van der Waals surface area contributed by atoms with Crippen LogP contribution in [0.1, 0.15) is 208 Å². The van der Waals surface area contributed by atoms with E-state index in [0.717, 1.165) is 60.2 Å². The van der Waals surface area contributed by atoms with E-state index in [2.05, 4.69) is 47.6 Å². The first-order chi connectivity index (χ1) is 22.6. The van der Waals surface area contributed by atoms with Crippen LogP contribution in [0.25, 0.3) is 0 Å². The van der Waals surface area contributed by atoms with Gasteiger partial charge in [-0.05, 0) is 122 Å². The van der Waals surface area contributed by atoms with Crippen molar-refractivity contribution in [1.82, 2.24) is 0 Å². The van der Waals surface area contributed by atoms with Gasteiger partial charge in [0.2, 0.25) is 0 Å². The maximum atomic E-state index is 10.6. The Morgan fingerprint density at radius 3 is 2.00 bits per heavy atom. The number of hydrogen-bond acceptors (Lipinski definition) is 1. The van der Waals surface area contributed by atoms with Crippen LogP contribution in [0.15, 0.2) is 11.6 Å². The molecule has 3 fully saturated rings. The van der Waals surface area contributed by atoms with Crippen molar-refractivity contribution >= 4 is 5.97 Å². The molecule has 1 N–H and O–H groups in total. The lowest BCUT2D eigenvalue weighted by Crippen LogP contribution is -2.50. The molecule has 0 aromatic carbocycles. The maximum Gasteiger partial charge on any atom is 0.303 e. The highest BCUT2D eigenvalue weighted by molar-refractivity contribution is 5.66. The van der Waals surface area contributed by atoms with Gasteiger partial charge < -0.3 is 5.11 Å². The van der Waals surface area contributed by atoms with Gasteiger partial charge in [-0.1, -0.05) is 150 Å². The van der Waals surface area contributed by atoms with E-state index in [4.69, 9.17) is 5.11 Å². The zero-order chi connectivity index (χ0) is 33.9. The van der Waals surface area contributed by atoms with Crippen molar-refractivity contribution in [3.05, 3.63) is 11.6 Å². The smallest absolute Gasteiger partial charge is 0.303 e. The van der Waals surface area contributed by atoms with E-state index in [0.29, 0.717) is 17.3 Å². The second-order valence-electron chi connectivity index (χ2n) is 18.6. The molecule has 272 valence electrons. The summed E-state index contributed by atoms with van der Waals surface area (Å²) < 4.78 is 0. The molecule has 4 rings (SSSR count). The number of carboxylic acids is 1. The topological polar surface area (TPSA) is 37.3 Å². The van der Waals surface area contributed by atoms with Crippen LogP contribution in [0.5, 0.6) is 0 Å². The van der Waals surface area contributed by atoms with Crippen LogP contribution in [0, 0.1) is 58.2 Å². The summed E-state index contributed by atoms with van der Waals surface area (Å²) in [6.07, 6.45) is 37.9. The first-order valence-electron chi connectivity index (χ1n) is 21.5. The molecular weight excluding hydrogens is 572 g/mol. The number of hydrogen-bond donors (Lipinski definition) is 1. The minimum absolute atomic E-state index is 0.345. The monoisotopic (exact) mass is 653 g/mol. The summed E-state index contributed by atoms with van der Waals surface area (Å²) in [5, 5.41) is 8.72. The highest BCUT2D eigenvalue weighted by atomic mass is 16.4. The van der Waals surface area contributed by atoms with Crippen LogP contribution in [-0.2, 0) is 4.79 Å². The Balaban J connectivity index is 1.12. The molecular formula is C45H80O2. The average molecular weight is 653 g/mol. The quantitative estimate of drug-likeness (QED) is 0.0933. The molecule has 0 unspecified atom stereocenters. The Hall–Kier alpha value is -0.790. The number of carboxylic acid groups (broad SMARTS) is 1. The van der Waals surface area contributed by atoms with E-state index >= 15 is 0 Å². The largest absolute Gasteiger partial charge is 0.481 e. The molecule has 4 aliphatic rings. The first-order valence-corrected chi connectivity index (χ1v) is 21.5. The predicted molar refractivity (Wildman–Crippen MR) is 203 cm³/mol.